The van der Waals surface area contributed by atoms with Crippen molar-refractivity contribution in [1.29, 1.82) is 0 Å². The zero-order chi connectivity index (χ0) is 20.1. The number of aliphatic hydroxyl groups excluding tert-OH is 1. The molecule has 1 saturated carbocycles. The summed E-state index contributed by atoms with van der Waals surface area (Å²) in [4.78, 5) is 39.3. The van der Waals surface area contributed by atoms with Gasteiger partial charge in [-0.3, -0.25) is 4.79 Å². The number of amides is 1. The van der Waals surface area contributed by atoms with Crippen molar-refractivity contribution in [1.82, 2.24) is 4.90 Å². The third-order valence-electron chi connectivity index (χ3n) is 5.15. The summed E-state index contributed by atoms with van der Waals surface area (Å²) in [5.74, 6) is -3.04. The van der Waals surface area contributed by atoms with Crippen molar-refractivity contribution in [3.63, 3.8) is 0 Å². The van der Waals surface area contributed by atoms with Crippen molar-refractivity contribution in [2.45, 2.75) is 57.7 Å². The molecule has 1 aromatic rings. The summed E-state index contributed by atoms with van der Waals surface area (Å²) in [6.07, 6.45) is 4.35. The number of carbonyl (C=O) groups excluding carboxylic acids is 3. The van der Waals surface area contributed by atoms with Crippen molar-refractivity contribution < 1.29 is 29.0 Å². The predicted octanol–water partition coefficient (Wildman–Crippen LogP) is 2.65. The topological polar surface area (TPSA) is 93.1 Å². The van der Waals surface area contributed by atoms with Crippen LogP contribution in [0.2, 0.25) is 0 Å². The van der Waals surface area contributed by atoms with Crippen LogP contribution in [0.3, 0.4) is 0 Å². The van der Waals surface area contributed by atoms with Crippen LogP contribution in [0, 0.1) is 0 Å². The van der Waals surface area contributed by atoms with Crippen molar-refractivity contribution >= 4 is 17.8 Å². The SMILES string of the molecule is CCOC(=O)C1=C(O)C(=O)N(C2CCCCC2)[C@H]1C(=O)OCc1ccccc1. The summed E-state index contributed by atoms with van der Waals surface area (Å²) < 4.78 is 10.4. The number of rotatable bonds is 6. The Balaban J connectivity index is 1.86. The number of esters is 2. The average Bonchev–Trinajstić information content (AvgIpc) is 2.99. The fourth-order valence-corrected chi connectivity index (χ4v) is 3.82. The molecule has 150 valence electrons. The van der Waals surface area contributed by atoms with Gasteiger partial charge in [-0.25, -0.2) is 9.59 Å². The molecule has 1 atom stereocenters. The van der Waals surface area contributed by atoms with Crippen LogP contribution in [-0.4, -0.2) is 46.5 Å². The highest BCUT2D eigenvalue weighted by Crippen LogP contribution is 2.34. The van der Waals surface area contributed by atoms with Gasteiger partial charge in [0, 0.05) is 6.04 Å². The lowest BCUT2D eigenvalue weighted by molar-refractivity contribution is -0.156. The van der Waals surface area contributed by atoms with Gasteiger partial charge in [0.05, 0.1) is 6.61 Å². The maximum absolute atomic E-state index is 12.9. The van der Waals surface area contributed by atoms with Crippen molar-refractivity contribution in [3.8, 4) is 0 Å². The van der Waals surface area contributed by atoms with E-state index in [4.69, 9.17) is 9.47 Å². The van der Waals surface area contributed by atoms with Crippen molar-refractivity contribution in [3.05, 3.63) is 47.2 Å². The Labute approximate surface area is 163 Å². The van der Waals surface area contributed by atoms with E-state index in [0.717, 1.165) is 37.7 Å². The smallest absolute Gasteiger partial charge is 0.340 e. The van der Waals surface area contributed by atoms with E-state index in [9.17, 15) is 19.5 Å². The van der Waals surface area contributed by atoms with Crippen LogP contribution in [0.5, 0.6) is 0 Å². The largest absolute Gasteiger partial charge is 0.503 e. The minimum atomic E-state index is -1.28. The lowest BCUT2D eigenvalue weighted by atomic mass is 9.93. The summed E-state index contributed by atoms with van der Waals surface area (Å²) in [6, 6.07) is 7.63. The fraction of sp³-hybridized carbons (Fsp3) is 0.476. The van der Waals surface area contributed by atoms with E-state index in [-0.39, 0.29) is 24.8 Å². The Hall–Kier alpha value is -2.83. The second kappa shape index (κ2) is 8.91. The van der Waals surface area contributed by atoms with Crippen LogP contribution in [0.4, 0.5) is 0 Å². The molecule has 0 bridgehead atoms. The third-order valence-corrected chi connectivity index (χ3v) is 5.15. The Morgan fingerprint density at radius 1 is 1.11 bits per heavy atom. The fourth-order valence-electron chi connectivity index (χ4n) is 3.82. The molecule has 7 heteroatoms. The molecular weight excluding hydrogens is 362 g/mol. The minimum absolute atomic E-state index is 0.0136. The first-order valence-electron chi connectivity index (χ1n) is 9.68. The average molecular weight is 387 g/mol. The molecule has 1 aliphatic heterocycles. The van der Waals surface area contributed by atoms with Crippen LogP contribution in [-0.2, 0) is 30.5 Å². The van der Waals surface area contributed by atoms with Gasteiger partial charge < -0.3 is 19.5 Å². The summed E-state index contributed by atoms with van der Waals surface area (Å²) >= 11 is 0. The molecule has 1 heterocycles. The first-order valence-corrected chi connectivity index (χ1v) is 9.68. The minimum Gasteiger partial charge on any atom is -0.503 e. The summed E-state index contributed by atoms with van der Waals surface area (Å²) in [5, 5.41) is 10.3. The first kappa shape index (κ1) is 19.9. The van der Waals surface area contributed by atoms with Crippen LogP contribution < -0.4 is 0 Å². The molecule has 1 aliphatic carbocycles. The highest BCUT2D eigenvalue weighted by atomic mass is 16.5. The normalized spacial score (nSPS) is 20.4. The van der Waals surface area contributed by atoms with Gasteiger partial charge in [0.15, 0.2) is 11.8 Å². The molecule has 2 aliphatic rings. The van der Waals surface area contributed by atoms with Crippen LogP contribution in [0.25, 0.3) is 0 Å². The molecule has 0 saturated heterocycles. The number of ether oxygens (including phenoxy) is 2. The lowest BCUT2D eigenvalue weighted by Gasteiger charge is -2.34. The van der Waals surface area contributed by atoms with E-state index in [1.165, 1.54) is 4.90 Å². The molecule has 7 nitrogen and oxygen atoms in total. The van der Waals surface area contributed by atoms with E-state index in [1.54, 1.807) is 6.92 Å². The van der Waals surface area contributed by atoms with Gasteiger partial charge in [0.2, 0.25) is 0 Å². The zero-order valence-electron chi connectivity index (χ0n) is 15.9. The maximum Gasteiger partial charge on any atom is 0.340 e. The third kappa shape index (κ3) is 4.03. The molecule has 0 spiro atoms. The lowest BCUT2D eigenvalue weighted by Crippen LogP contribution is -2.49. The summed E-state index contributed by atoms with van der Waals surface area (Å²) in [5.41, 5.74) is 0.464. The van der Waals surface area contributed by atoms with Crippen LogP contribution in [0.1, 0.15) is 44.6 Å². The van der Waals surface area contributed by atoms with Crippen LogP contribution >= 0.6 is 0 Å². The van der Waals surface area contributed by atoms with Gasteiger partial charge in [0.25, 0.3) is 5.91 Å². The van der Waals surface area contributed by atoms with Gasteiger partial charge in [-0.2, -0.15) is 0 Å². The molecule has 1 fully saturated rings. The highest BCUT2D eigenvalue weighted by molar-refractivity contribution is 6.11. The van der Waals surface area contributed by atoms with Gasteiger partial charge >= 0.3 is 11.9 Å². The molecule has 1 amide bonds. The van der Waals surface area contributed by atoms with E-state index in [0.29, 0.717) is 0 Å². The molecule has 1 aromatic carbocycles. The van der Waals surface area contributed by atoms with E-state index in [1.807, 2.05) is 30.3 Å². The van der Waals surface area contributed by atoms with E-state index < -0.39 is 29.6 Å². The molecule has 1 N–H and O–H groups in total. The van der Waals surface area contributed by atoms with Gasteiger partial charge in [-0.15, -0.1) is 0 Å². The van der Waals surface area contributed by atoms with Crippen molar-refractivity contribution in [2.75, 3.05) is 6.61 Å². The standard InChI is InChI=1S/C21H25NO6/c1-2-27-20(25)16-17(21(26)28-13-14-9-5-3-6-10-14)22(19(24)18(16)23)15-11-7-4-8-12-15/h3,5-6,9-10,15,17,23H,2,4,7-8,11-13H2,1H3/t17-/m1/s1. The second-order valence-corrected chi connectivity index (χ2v) is 6.98. The first-order chi connectivity index (χ1) is 13.5. The number of hydrogen-bond donors (Lipinski definition) is 1. The van der Waals surface area contributed by atoms with Gasteiger partial charge in [0.1, 0.15) is 12.2 Å². The Morgan fingerprint density at radius 3 is 2.43 bits per heavy atom. The maximum atomic E-state index is 12.9. The zero-order valence-corrected chi connectivity index (χ0v) is 15.9. The quantitative estimate of drug-likeness (QED) is 0.755. The number of hydrogen-bond acceptors (Lipinski definition) is 6. The Morgan fingerprint density at radius 2 is 1.79 bits per heavy atom. The molecule has 3 rings (SSSR count). The van der Waals surface area contributed by atoms with Gasteiger partial charge in [-0.1, -0.05) is 49.6 Å². The summed E-state index contributed by atoms with van der Waals surface area (Å²) in [7, 11) is 0. The number of benzene rings is 1. The molecule has 0 unspecified atom stereocenters. The predicted molar refractivity (Wildman–Crippen MR) is 100 cm³/mol. The van der Waals surface area contributed by atoms with Crippen molar-refractivity contribution in [2.24, 2.45) is 0 Å². The number of aliphatic hydroxyl groups is 1. The Kier molecular flexibility index (Phi) is 6.34. The van der Waals surface area contributed by atoms with E-state index in [2.05, 4.69) is 0 Å². The van der Waals surface area contributed by atoms with Crippen LogP contribution in [0.15, 0.2) is 41.7 Å². The molecule has 0 radical (unpaired) electrons. The molecular formula is C21H25NO6. The number of nitrogens with zero attached hydrogens (tertiary/aromatic N) is 1. The highest BCUT2D eigenvalue weighted by Gasteiger charge is 2.50. The monoisotopic (exact) mass is 387 g/mol. The van der Waals surface area contributed by atoms with E-state index >= 15 is 0 Å². The summed E-state index contributed by atoms with van der Waals surface area (Å²) in [6.45, 7) is 1.70. The second-order valence-electron chi connectivity index (χ2n) is 6.98. The Bertz CT molecular complexity index is 766. The molecule has 28 heavy (non-hydrogen) atoms. The van der Waals surface area contributed by atoms with Gasteiger partial charge in [-0.05, 0) is 25.3 Å². The number of carbonyl (C=O) groups is 3. The molecule has 0 aromatic heterocycles.